The van der Waals surface area contributed by atoms with E-state index in [1.165, 1.54) is 6.33 Å². The predicted molar refractivity (Wildman–Crippen MR) is 101 cm³/mol. The second-order valence-corrected chi connectivity index (χ2v) is 9.09. The van der Waals surface area contributed by atoms with E-state index in [1.807, 2.05) is 6.92 Å². The number of aromatic nitrogens is 3. The number of hydrogen-bond acceptors (Lipinski definition) is 7. The monoisotopic (exact) mass is 467 g/mol. The van der Waals surface area contributed by atoms with E-state index in [1.54, 1.807) is 10.6 Å². The first-order valence-electron chi connectivity index (χ1n) is 9.11. The topological polar surface area (TPSA) is 109 Å². The number of aliphatic hydroxyl groups excluding tert-OH is 1. The van der Waals surface area contributed by atoms with Crippen LogP contribution in [0, 0.1) is 12.3 Å². The number of fused-ring (bicyclic) bond motifs is 1. The SMILES string of the molecule is Cc1cc(Cl)n2ncnc(N3CC4(CC(N(NCC(O)C(F)(F)F)S(=O)[O-])C4)C3)c12. The maximum atomic E-state index is 12.4. The summed E-state index contributed by atoms with van der Waals surface area (Å²) in [5, 5.41) is 13.7. The fourth-order valence-corrected chi connectivity index (χ4v) is 5.13. The highest BCUT2D eigenvalue weighted by molar-refractivity contribution is 7.76. The van der Waals surface area contributed by atoms with E-state index in [9.17, 15) is 21.9 Å². The van der Waals surface area contributed by atoms with Gasteiger partial charge in [-0.2, -0.15) is 22.7 Å². The maximum Gasteiger partial charge on any atom is 0.415 e. The average molecular weight is 468 g/mol. The summed E-state index contributed by atoms with van der Waals surface area (Å²) in [6, 6.07) is 1.33. The van der Waals surface area contributed by atoms with Crippen LogP contribution in [0.5, 0.6) is 0 Å². The Hall–Kier alpha value is -1.51. The summed E-state index contributed by atoms with van der Waals surface area (Å²) in [4.78, 5) is 6.41. The van der Waals surface area contributed by atoms with E-state index in [0.29, 0.717) is 31.1 Å². The summed E-state index contributed by atoms with van der Waals surface area (Å²) >= 11 is 3.41. The number of nitrogens with one attached hydrogen (secondary N) is 1. The number of hydrogen-bond donors (Lipinski definition) is 2. The largest absolute Gasteiger partial charge is 0.759 e. The first-order chi connectivity index (χ1) is 14.0. The molecule has 1 aliphatic carbocycles. The van der Waals surface area contributed by atoms with Gasteiger partial charge in [-0.05, 0) is 31.4 Å². The molecule has 0 amide bonds. The molecule has 14 heteroatoms. The summed E-state index contributed by atoms with van der Waals surface area (Å²) < 4.78 is 62.6. The number of rotatable bonds is 6. The molecule has 2 aromatic rings. The minimum absolute atomic E-state index is 0.126. The van der Waals surface area contributed by atoms with Crippen LogP contribution in [0.15, 0.2) is 12.4 Å². The van der Waals surface area contributed by atoms with Crippen LogP contribution in [-0.4, -0.2) is 70.8 Å². The van der Waals surface area contributed by atoms with Crippen molar-refractivity contribution in [1.82, 2.24) is 24.4 Å². The molecular weight excluding hydrogens is 449 g/mol. The summed E-state index contributed by atoms with van der Waals surface area (Å²) in [5.41, 5.74) is 3.80. The van der Waals surface area contributed by atoms with Gasteiger partial charge in [0.25, 0.3) is 0 Å². The van der Waals surface area contributed by atoms with E-state index in [-0.39, 0.29) is 5.41 Å². The Balaban J connectivity index is 1.38. The van der Waals surface area contributed by atoms with Crippen molar-refractivity contribution in [2.45, 2.75) is 38.1 Å². The van der Waals surface area contributed by atoms with Crippen molar-refractivity contribution < 1.29 is 27.0 Å². The Morgan fingerprint density at radius 2 is 2.17 bits per heavy atom. The number of alkyl halides is 3. The zero-order valence-corrected chi connectivity index (χ0v) is 17.3. The third kappa shape index (κ3) is 3.78. The second-order valence-electron chi connectivity index (χ2n) is 7.87. The van der Waals surface area contributed by atoms with Crippen LogP contribution in [0.3, 0.4) is 0 Å². The van der Waals surface area contributed by atoms with E-state index in [2.05, 4.69) is 20.4 Å². The van der Waals surface area contributed by atoms with Crippen LogP contribution in [0.2, 0.25) is 5.15 Å². The highest BCUT2D eigenvalue weighted by atomic mass is 35.5. The van der Waals surface area contributed by atoms with Crippen molar-refractivity contribution in [3.8, 4) is 0 Å². The Kier molecular flexibility index (Phi) is 5.48. The molecule has 2 atom stereocenters. The molecule has 1 aliphatic heterocycles. The number of aryl methyl sites for hydroxylation is 1. The lowest BCUT2D eigenvalue weighted by molar-refractivity contribution is -0.204. The summed E-state index contributed by atoms with van der Waals surface area (Å²) in [6.07, 6.45) is -5.06. The normalized spacial score (nSPS) is 21.1. The molecule has 30 heavy (non-hydrogen) atoms. The molecule has 9 nitrogen and oxygen atoms in total. The lowest BCUT2D eigenvalue weighted by Crippen LogP contribution is -2.68. The highest BCUT2D eigenvalue weighted by Gasteiger charge is 2.55. The molecule has 2 aromatic heterocycles. The smallest absolute Gasteiger partial charge is 0.415 e. The van der Waals surface area contributed by atoms with Crippen LogP contribution in [0.1, 0.15) is 18.4 Å². The molecule has 2 fully saturated rings. The number of hydrazine groups is 1. The molecule has 0 radical (unpaired) electrons. The van der Waals surface area contributed by atoms with Gasteiger partial charge in [-0.1, -0.05) is 11.6 Å². The van der Waals surface area contributed by atoms with Crippen LogP contribution in [0.4, 0.5) is 19.0 Å². The van der Waals surface area contributed by atoms with Gasteiger partial charge >= 0.3 is 6.18 Å². The van der Waals surface area contributed by atoms with Gasteiger partial charge in [0.1, 0.15) is 17.0 Å². The van der Waals surface area contributed by atoms with Gasteiger partial charge in [0.2, 0.25) is 0 Å². The molecule has 0 bridgehead atoms. The zero-order chi connectivity index (χ0) is 21.8. The van der Waals surface area contributed by atoms with Crippen molar-refractivity contribution in [2.24, 2.45) is 5.41 Å². The van der Waals surface area contributed by atoms with Crippen molar-refractivity contribution in [2.75, 3.05) is 24.5 Å². The number of anilines is 1. The molecule has 1 saturated heterocycles. The van der Waals surface area contributed by atoms with E-state index < -0.39 is 36.1 Å². The summed E-state index contributed by atoms with van der Waals surface area (Å²) in [7, 11) is 0. The fraction of sp³-hybridized carbons (Fsp3) is 0.625. The first-order valence-corrected chi connectivity index (χ1v) is 10.5. The minimum Gasteiger partial charge on any atom is -0.759 e. The molecule has 2 unspecified atom stereocenters. The molecule has 1 saturated carbocycles. The van der Waals surface area contributed by atoms with Gasteiger partial charge in [0.15, 0.2) is 11.9 Å². The van der Waals surface area contributed by atoms with Gasteiger partial charge < -0.3 is 14.6 Å². The lowest BCUT2D eigenvalue weighted by Gasteiger charge is -2.61. The van der Waals surface area contributed by atoms with Gasteiger partial charge in [0.05, 0.1) is 0 Å². The molecule has 4 rings (SSSR count). The Morgan fingerprint density at radius 1 is 1.50 bits per heavy atom. The Labute approximate surface area is 177 Å². The van der Waals surface area contributed by atoms with Crippen LogP contribution in [0.25, 0.3) is 5.52 Å². The van der Waals surface area contributed by atoms with Crippen molar-refractivity contribution in [1.29, 1.82) is 0 Å². The van der Waals surface area contributed by atoms with Crippen LogP contribution >= 0.6 is 11.6 Å². The molecular formula is C16H19ClF3N6O3S-. The van der Waals surface area contributed by atoms with E-state index in [0.717, 1.165) is 21.3 Å². The lowest BCUT2D eigenvalue weighted by atomic mass is 9.61. The Morgan fingerprint density at radius 3 is 2.77 bits per heavy atom. The molecule has 2 aliphatic rings. The summed E-state index contributed by atoms with van der Waals surface area (Å²) in [5.74, 6) is 0.735. The maximum absolute atomic E-state index is 12.4. The van der Waals surface area contributed by atoms with Crippen molar-refractivity contribution >= 4 is 34.2 Å². The fourth-order valence-electron chi connectivity index (χ4n) is 4.26. The number of halogens is 4. The number of nitrogens with zero attached hydrogens (tertiary/aromatic N) is 5. The Bertz CT molecular complexity index is 975. The number of aliphatic hydroxyl groups is 1. The van der Waals surface area contributed by atoms with Gasteiger partial charge in [-0.15, -0.1) is 0 Å². The third-order valence-corrected chi connectivity index (χ3v) is 6.70. The third-order valence-electron chi connectivity index (χ3n) is 5.68. The average Bonchev–Trinajstić information content (AvgIpc) is 2.88. The standard InChI is InChI=1S/C16H20ClF3N6O3S/c1-9-2-12(17)25-13(9)14(21-8-23-25)24-6-15(7-24)3-10(4-15)26(30(28)29)22-5-11(27)16(18,19)20/h2,8,10-11,22,27H,3-7H2,1H3,(H,28,29)/p-1. The van der Waals surface area contributed by atoms with Crippen molar-refractivity contribution in [3.63, 3.8) is 0 Å². The van der Waals surface area contributed by atoms with Gasteiger partial charge in [-0.25, -0.2) is 14.9 Å². The van der Waals surface area contributed by atoms with E-state index >= 15 is 0 Å². The molecule has 2 N–H and O–H groups in total. The van der Waals surface area contributed by atoms with Gasteiger partial charge in [-0.3, -0.25) is 4.21 Å². The molecule has 3 heterocycles. The minimum atomic E-state index is -4.82. The van der Waals surface area contributed by atoms with E-state index in [4.69, 9.17) is 16.7 Å². The first kappa shape index (κ1) is 21.7. The quantitative estimate of drug-likeness (QED) is 0.485. The predicted octanol–water partition coefficient (Wildman–Crippen LogP) is 1.18. The van der Waals surface area contributed by atoms with Gasteiger partial charge in [0, 0.05) is 42.4 Å². The molecule has 0 aromatic carbocycles. The second kappa shape index (κ2) is 7.57. The molecule has 1 spiro atoms. The zero-order valence-electron chi connectivity index (χ0n) is 15.8. The summed E-state index contributed by atoms with van der Waals surface area (Å²) in [6.45, 7) is 2.26. The van der Waals surface area contributed by atoms with Crippen LogP contribution in [-0.2, 0) is 11.3 Å². The van der Waals surface area contributed by atoms with Crippen LogP contribution < -0.4 is 10.3 Å². The molecule has 166 valence electrons. The highest BCUT2D eigenvalue weighted by Crippen LogP contribution is 2.51. The van der Waals surface area contributed by atoms with Crippen molar-refractivity contribution in [3.05, 3.63) is 23.1 Å².